The highest BCUT2D eigenvalue weighted by atomic mass is 35.5. The molecule has 4 aromatic rings. The van der Waals surface area contributed by atoms with Gasteiger partial charge in [0.05, 0.1) is 5.69 Å². The maximum absolute atomic E-state index is 13.5. The van der Waals surface area contributed by atoms with Crippen LogP contribution in [0.1, 0.15) is 49.2 Å². The number of aryl methyl sites for hydroxylation is 2. The van der Waals surface area contributed by atoms with Gasteiger partial charge in [-0.05, 0) is 31.5 Å². The van der Waals surface area contributed by atoms with Crippen molar-refractivity contribution in [1.29, 1.82) is 0 Å². The summed E-state index contributed by atoms with van der Waals surface area (Å²) in [5.74, 6) is -2.05. The summed E-state index contributed by atoms with van der Waals surface area (Å²) >= 11 is 6.81. The predicted octanol–water partition coefficient (Wildman–Crippen LogP) is 4.92. The number of aromatic nitrogens is 4. The van der Waals surface area contributed by atoms with Crippen LogP contribution < -0.4 is 11.1 Å². The summed E-state index contributed by atoms with van der Waals surface area (Å²) in [4.78, 5) is 32.5. The van der Waals surface area contributed by atoms with E-state index in [2.05, 4.69) is 20.4 Å². The number of nitrogens with zero attached hydrogens (tertiary/aromatic N) is 4. The highest BCUT2D eigenvalue weighted by molar-refractivity contribution is 7.21. The van der Waals surface area contributed by atoms with Crippen LogP contribution in [0.15, 0.2) is 12.1 Å². The number of carbonyl (C=O) groups excluding carboxylic acids is 2. The van der Waals surface area contributed by atoms with Crippen molar-refractivity contribution in [2.75, 3.05) is 5.32 Å². The minimum absolute atomic E-state index is 0.00930. The third kappa shape index (κ3) is 3.92. The van der Waals surface area contributed by atoms with Crippen molar-refractivity contribution in [3.05, 3.63) is 50.4 Å². The van der Waals surface area contributed by atoms with Gasteiger partial charge in [0.2, 0.25) is 0 Å². The molecule has 0 radical (unpaired) electrons. The van der Waals surface area contributed by atoms with Crippen molar-refractivity contribution in [1.82, 2.24) is 19.6 Å². The largest absolute Gasteiger partial charge is 0.433 e. The molecule has 0 aliphatic carbocycles. The Morgan fingerprint density at radius 1 is 1.21 bits per heavy atom. The molecule has 0 fully saturated rings. The number of hydrogen-bond donors (Lipinski definition) is 2. The molecule has 0 aromatic carbocycles. The molecule has 4 rings (SSSR count). The van der Waals surface area contributed by atoms with Gasteiger partial charge in [-0.25, -0.2) is 23.3 Å². The first-order valence-electron chi connectivity index (χ1n) is 9.26. The van der Waals surface area contributed by atoms with Crippen molar-refractivity contribution in [2.24, 2.45) is 5.73 Å². The number of hydrogen-bond acceptors (Lipinski definition) is 6. The number of primary amides is 1. The van der Waals surface area contributed by atoms with Crippen LogP contribution >= 0.6 is 22.9 Å². The van der Waals surface area contributed by atoms with E-state index in [0.717, 1.165) is 12.1 Å². The van der Waals surface area contributed by atoms with Crippen molar-refractivity contribution in [3.63, 3.8) is 0 Å². The third-order valence-electron chi connectivity index (χ3n) is 4.73. The van der Waals surface area contributed by atoms with Crippen LogP contribution in [0, 0.1) is 13.8 Å². The molecule has 4 aromatic heterocycles. The SMILES string of the molecule is Cc1cc(C(F)(F)F)n2nc(C(=O)Nc3c(C(N)=O)sc4nc(C(F)F)cc(C)c34)c(Cl)c2n1. The summed E-state index contributed by atoms with van der Waals surface area (Å²) in [6, 6.07) is 1.82. The summed E-state index contributed by atoms with van der Waals surface area (Å²) in [5, 5.41) is 5.76. The molecule has 0 bridgehead atoms. The maximum atomic E-state index is 13.5. The van der Waals surface area contributed by atoms with E-state index in [1.165, 1.54) is 13.8 Å². The molecule has 34 heavy (non-hydrogen) atoms. The molecule has 4 heterocycles. The average molecular weight is 519 g/mol. The van der Waals surface area contributed by atoms with Gasteiger partial charge < -0.3 is 11.1 Å². The molecule has 0 atom stereocenters. The number of halogens is 6. The quantitative estimate of drug-likeness (QED) is 0.372. The maximum Gasteiger partial charge on any atom is 0.433 e. The Morgan fingerprint density at radius 3 is 2.47 bits per heavy atom. The molecule has 0 spiro atoms. The molecule has 0 saturated carbocycles. The van der Waals surface area contributed by atoms with E-state index in [1.54, 1.807) is 0 Å². The van der Waals surface area contributed by atoms with Crippen LogP contribution in [0.2, 0.25) is 5.02 Å². The second-order valence-electron chi connectivity index (χ2n) is 7.15. The third-order valence-corrected chi connectivity index (χ3v) is 6.18. The van der Waals surface area contributed by atoms with Crippen LogP contribution in [0.3, 0.4) is 0 Å². The highest BCUT2D eigenvalue weighted by Gasteiger charge is 2.36. The zero-order valence-electron chi connectivity index (χ0n) is 17.1. The van der Waals surface area contributed by atoms with Crippen LogP contribution in [0.25, 0.3) is 15.9 Å². The fourth-order valence-corrected chi connectivity index (χ4v) is 4.66. The van der Waals surface area contributed by atoms with Gasteiger partial charge >= 0.3 is 6.18 Å². The molecule has 8 nitrogen and oxygen atoms in total. The second kappa shape index (κ2) is 8.13. The minimum Gasteiger partial charge on any atom is -0.365 e. The van der Waals surface area contributed by atoms with E-state index in [9.17, 15) is 31.5 Å². The molecule has 3 N–H and O–H groups in total. The van der Waals surface area contributed by atoms with Crippen LogP contribution in [-0.2, 0) is 6.18 Å². The lowest BCUT2D eigenvalue weighted by Gasteiger charge is -2.09. The van der Waals surface area contributed by atoms with E-state index in [0.29, 0.717) is 15.9 Å². The summed E-state index contributed by atoms with van der Waals surface area (Å²) < 4.78 is 67.0. The molecule has 0 aliphatic rings. The summed E-state index contributed by atoms with van der Waals surface area (Å²) in [5.41, 5.74) is 2.75. The summed E-state index contributed by atoms with van der Waals surface area (Å²) in [6.45, 7) is 2.78. The van der Waals surface area contributed by atoms with Crippen molar-refractivity contribution in [3.8, 4) is 0 Å². The lowest BCUT2D eigenvalue weighted by molar-refractivity contribution is -0.142. The molecular weight excluding hydrogens is 507 g/mol. The standard InChI is InChI=1S/C19H12ClF5N6O2S/c1-5-3-7(14(21)22)28-18-9(5)11(13(34-18)15(26)32)29-17(33)12-10(20)16-27-6(2)4-8(19(23,24)25)31(16)30-12/h3-4,14H,1-2H3,(H2,26,32)(H,29,33). The molecule has 15 heteroatoms. The number of carbonyl (C=O) groups is 2. The van der Waals surface area contributed by atoms with Crippen LogP contribution in [0.5, 0.6) is 0 Å². The molecule has 2 amide bonds. The fourth-order valence-electron chi connectivity index (χ4n) is 3.34. The first-order chi connectivity index (χ1) is 15.8. The van der Waals surface area contributed by atoms with Gasteiger partial charge in [0.25, 0.3) is 18.2 Å². The average Bonchev–Trinajstić information content (AvgIpc) is 3.25. The van der Waals surface area contributed by atoms with Crippen LogP contribution in [0.4, 0.5) is 27.6 Å². The van der Waals surface area contributed by atoms with E-state index in [1.807, 2.05) is 0 Å². The highest BCUT2D eigenvalue weighted by Crippen LogP contribution is 2.39. The van der Waals surface area contributed by atoms with E-state index < -0.39 is 52.2 Å². The number of alkyl halides is 5. The Morgan fingerprint density at radius 2 is 1.88 bits per heavy atom. The lowest BCUT2D eigenvalue weighted by atomic mass is 10.1. The number of rotatable bonds is 4. The summed E-state index contributed by atoms with van der Waals surface area (Å²) in [7, 11) is 0. The van der Waals surface area contributed by atoms with Gasteiger partial charge in [0, 0.05) is 11.1 Å². The lowest BCUT2D eigenvalue weighted by Crippen LogP contribution is -2.18. The summed E-state index contributed by atoms with van der Waals surface area (Å²) in [6.07, 6.45) is -7.70. The Labute approximate surface area is 195 Å². The smallest absolute Gasteiger partial charge is 0.365 e. The molecule has 0 saturated heterocycles. The number of nitrogens with one attached hydrogen (secondary N) is 1. The Bertz CT molecular complexity index is 1500. The Hall–Kier alpha value is -3.39. The van der Waals surface area contributed by atoms with Crippen molar-refractivity contribution in [2.45, 2.75) is 26.4 Å². The molecule has 0 unspecified atom stereocenters. The fraction of sp³-hybridized carbons (Fsp3) is 0.211. The number of pyridine rings is 1. The topological polar surface area (TPSA) is 115 Å². The number of anilines is 1. The van der Waals surface area contributed by atoms with E-state index >= 15 is 0 Å². The Balaban J connectivity index is 1.86. The van der Waals surface area contributed by atoms with E-state index in [4.69, 9.17) is 17.3 Å². The van der Waals surface area contributed by atoms with Crippen LogP contribution in [-0.4, -0.2) is 31.4 Å². The first kappa shape index (κ1) is 23.8. The zero-order valence-corrected chi connectivity index (χ0v) is 18.7. The number of fused-ring (bicyclic) bond motifs is 2. The van der Waals surface area contributed by atoms with Gasteiger partial charge in [0.15, 0.2) is 11.3 Å². The number of thiophene rings is 1. The van der Waals surface area contributed by atoms with E-state index in [-0.39, 0.29) is 32.0 Å². The Kier molecular flexibility index (Phi) is 5.68. The normalized spacial score (nSPS) is 12.1. The van der Waals surface area contributed by atoms with Gasteiger partial charge in [-0.1, -0.05) is 11.6 Å². The minimum atomic E-state index is -4.82. The zero-order chi connectivity index (χ0) is 25.1. The van der Waals surface area contributed by atoms with Gasteiger partial charge in [-0.3, -0.25) is 9.59 Å². The number of nitrogens with two attached hydrogens (primary N) is 1. The van der Waals surface area contributed by atoms with Gasteiger partial charge in [-0.2, -0.15) is 18.3 Å². The molecule has 178 valence electrons. The van der Waals surface area contributed by atoms with Gasteiger partial charge in [0.1, 0.15) is 26.1 Å². The second-order valence-corrected chi connectivity index (χ2v) is 8.52. The van der Waals surface area contributed by atoms with Crippen molar-refractivity contribution < 1.29 is 31.5 Å². The molecular formula is C19H12ClF5N6O2S. The predicted molar refractivity (Wildman–Crippen MR) is 114 cm³/mol. The molecule has 0 aliphatic heterocycles. The van der Waals surface area contributed by atoms with Gasteiger partial charge in [-0.15, -0.1) is 11.3 Å². The monoisotopic (exact) mass is 518 g/mol. The first-order valence-corrected chi connectivity index (χ1v) is 10.5. The van der Waals surface area contributed by atoms with Crippen molar-refractivity contribution >= 4 is 56.3 Å². The number of amides is 2.